The highest BCUT2D eigenvalue weighted by atomic mass is 35.5. The van der Waals surface area contributed by atoms with E-state index in [0.717, 1.165) is 31.9 Å². The van der Waals surface area contributed by atoms with E-state index in [9.17, 15) is 4.79 Å². The van der Waals surface area contributed by atoms with Gasteiger partial charge in [-0.05, 0) is 17.5 Å². The summed E-state index contributed by atoms with van der Waals surface area (Å²) < 4.78 is 12.3. The molecule has 1 aromatic carbocycles. The first-order valence-electron chi connectivity index (χ1n) is 9.28. The van der Waals surface area contributed by atoms with Gasteiger partial charge in [0.05, 0.1) is 26.5 Å². The molecule has 11 heteroatoms. The van der Waals surface area contributed by atoms with Crippen LogP contribution in [0.2, 0.25) is 0 Å². The van der Waals surface area contributed by atoms with Crippen LogP contribution in [-0.2, 0) is 11.3 Å². The first-order valence-corrected chi connectivity index (χ1v) is 9.28. The smallest absolute Gasteiger partial charge is 0.223 e. The van der Waals surface area contributed by atoms with Crippen molar-refractivity contribution in [1.82, 2.24) is 35.3 Å². The largest absolute Gasteiger partial charge is 0.497 e. The Balaban J connectivity index is 0.00000300. The molecular formula is C18H28ClN7O3. The molecule has 0 unspecified atom stereocenters. The molecule has 0 aliphatic carbocycles. The van der Waals surface area contributed by atoms with E-state index in [0.29, 0.717) is 36.8 Å². The van der Waals surface area contributed by atoms with Gasteiger partial charge in [0.15, 0.2) is 5.82 Å². The van der Waals surface area contributed by atoms with Crippen molar-refractivity contribution in [2.75, 3.05) is 54.0 Å². The van der Waals surface area contributed by atoms with E-state index in [1.54, 1.807) is 25.0 Å². The molecule has 10 nitrogen and oxygen atoms in total. The number of halogens is 1. The molecule has 1 aliphatic rings. The van der Waals surface area contributed by atoms with Crippen LogP contribution in [0.5, 0.6) is 11.5 Å². The van der Waals surface area contributed by atoms with Crippen LogP contribution in [0.25, 0.3) is 5.69 Å². The van der Waals surface area contributed by atoms with Gasteiger partial charge in [-0.15, -0.1) is 17.5 Å². The van der Waals surface area contributed by atoms with Crippen LogP contribution in [-0.4, -0.2) is 89.9 Å². The van der Waals surface area contributed by atoms with Gasteiger partial charge in [0.1, 0.15) is 11.5 Å². The van der Waals surface area contributed by atoms with E-state index in [1.165, 1.54) is 0 Å². The Hall–Kier alpha value is -2.43. The van der Waals surface area contributed by atoms with Gasteiger partial charge >= 0.3 is 0 Å². The predicted molar refractivity (Wildman–Crippen MR) is 110 cm³/mol. The number of amides is 1. The quantitative estimate of drug-likeness (QED) is 0.647. The summed E-state index contributed by atoms with van der Waals surface area (Å²) in [5.74, 6) is 2.18. The Bertz CT molecular complexity index is 773. The van der Waals surface area contributed by atoms with E-state index in [4.69, 9.17) is 9.47 Å². The number of methoxy groups -OCH3 is 2. The van der Waals surface area contributed by atoms with E-state index in [2.05, 4.69) is 20.8 Å². The third-order valence-corrected chi connectivity index (χ3v) is 4.70. The summed E-state index contributed by atoms with van der Waals surface area (Å²) in [6, 6.07) is 5.48. The molecule has 0 radical (unpaired) electrons. The molecule has 29 heavy (non-hydrogen) atoms. The zero-order chi connectivity index (χ0) is 19.9. The number of aromatic nitrogens is 4. The minimum Gasteiger partial charge on any atom is -0.497 e. The summed E-state index contributed by atoms with van der Waals surface area (Å²) in [5, 5.41) is 15.3. The molecule has 160 valence electrons. The highest BCUT2D eigenvalue weighted by Crippen LogP contribution is 2.25. The fraction of sp³-hybridized carbons (Fsp3) is 0.556. The molecule has 2 aromatic rings. The lowest BCUT2D eigenvalue weighted by Gasteiger charge is -2.28. The molecular weight excluding hydrogens is 398 g/mol. The first kappa shape index (κ1) is 22.9. The van der Waals surface area contributed by atoms with Gasteiger partial charge in [0, 0.05) is 57.3 Å². The van der Waals surface area contributed by atoms with Crippen molar-refractivity contribution in [2.45, 2.75) is 13.0 Å². The van der Waals surface area contributed by atoms with Crippen LogP contribution in [0.15, 0.2) is 18.2 Å². The maximum absolute atomic E-state index is 12.3. The molecule has 0 bridgehead atoms. The topological polar surface area (TPSA) is 97.6 Å². The van der Waals surface area contributed by atoms with Gasteiger partial charge in [-0.2, -0.15) is 4.68 Å². The van der Waals surface area contributed by atoms with Gasteiger partial charge in [-0.1, -0.05) is 0 Å². The number of ether oxygens (including phenoxy) is 2. The second-order valence-corrected chi connectivity index (χ2v) is 6.70. The number of rotatable bonds is 8. The second-order valence-electron chi connectivity index (χ2n) is 6.70. The Morgan fingerprint density at radius 2 is 1.83 bits per heavy atom. The molecule has 0 spiro atoms. The standard InChI is InChI=1S/C18H27N7O3.ClH/c1-23(7-4-18(26)24-8-5-19-6-9-24)13-17-20-21-22-25(17)14-10-15(27-2)12-16(11-14)28-3;/h10-12,19H,4-9,13H2,1-3H3;1H. The third kappa shape index (κ3) is 6.02. The number of carbonyl (C=O) groups excluding carboxylic acids is 1. The Labute approximate surface area is 176 Å². The minimum atomic E-state index is 0. The van der Waals surface area contributed by atoms with Crippen LogP contribution in [0.1, 0.15) is 12.2 Å². The SMILES string of the molecule is COc1cc(OC)cc(-n2nnnc2CN(C)CCC(=O)N2CCNCC2)c1.Cl. The summed E-state index contributed by atoms with van der Waals surface area (Å²) in [6.07, 6.45) is 0.477. The van der Waals surface area contributed by atoms with Crippen LogP contribution < -0.4 is 14.8 Å². The van der Waals surface area contributed by atoms with Gasteiger partial charge < -0.3 is 19.7 Å². The maximum Gasteiger partial charge on any atom is 0.223 e. The summed E-state index contributed by atoms with van der Waals surface area (Å²) in [6.45, 7) is 4.43. The van der Waals surface area contributed by atoms with Crippen molar-refractivity contribution in [3.63, 3.8) is 0 Å². The Morgan fingerprint density at radius 3 is 2.45 bits per heavy atom. The summed E-state index contributed by atoms with van der Waals surface area (Å²) in [7, 11) is 5.15. The lowest BCUT2D eigenvalue weighted by atomic mass is 10.2. The van der Waals surface area contributed by atoms with Gasteiger partial charge in [-0.25, -0.2) is 0 Å². The van der Waals surface area contributed by atoms with E-state index in [1.807, 2.05) is 29.0 Å². The minimum absolute atomic E-state index is 0. The van der Waals surface area contributed by atoms with Crippen molar-refractivity contribution in [3.05, 3.63) is 24.0 Å². The van der Waals surface area contributed by atoms with Crippen LogP contribution in [0.3, 0.4) is 0 Å². The number of hydrogen-bond acceptors (Lipinski definition) is 8. The molecule has 0 atom stereocenters. The highest BCUT2D eigenvalue weighted by Gasteiger charge is 2.18. The number of nitrogens with one attached hydrogen (secondary N) is 1. The first-order chi connectivity index (χ1) is 13.6. The number of carbonyl (C=O) groups is 1. The van der Waals surface area contributed by atoms with Gasteiger partial charge in [-0.3, -0.25) is 9.69 Å². The average molecular weight is 426 g/mol. The van der Waals surface area contributed by atoms with Crippen LogP contribution >= 0.6 is 12.4 Å². The zero-order valence-corrected chi connectivity index (χ0v) is 17.8. The van der Waals surface area contributed by atoms with Crippen LogP contribution in [0.4, 0.5) is 0 Å². The third-order valence-electron chi connectivity index (χ3n) is 4.70. The molecule has 1 saturated heterocycles. The fourth-order valence-corrected chi connectivity index (χ4v) is 3.10. The monoisotopic (exact) mass is 425 g/mol. The van der Waals surface area contributed by atoms with Gasteiger partial charge in [0.2, 0.25) is 5.91 Å². The average Bonchev–Trinajstić information content (AvgIpc) is 3.20. The van der Waals surface area contributed by atoms with Crippen molar-refractivity contribution in [2.24, 2.45) is 0 Å². The highest BCUT2D eigenvalue weighted by molar-refractivity contribution is 5.85. The normalized spacial score (nSPS) is 13.9. The van der Waals surface area contributed by atoms with E-state index in [-0.39, 0.29) is 18.3 Å². The van der Waals surface area contributed by atoms with E-state index < -0.39 is 0 Å². The summed E-state index contributed by atoms with van der Waals surface area (Å²) in [4.78, 5) is 16.3. The summed E-state index contributed by atoms with van der Waals surface area (Å²) in [5.41, 5.74) is 0.751. The number of tetrazole rings is 1. The van der Waals surface area contributed by atoms with Crippen molar-refractivity contribution < 1.29 is 14.3 Å². The molecule has 1 fully saturated rings. The molecule has 1 N–H and O–H groups in total. The fourth-order valence-electron chi connectivity index (χ4n) is 3.10. The molecule has 2 heterocycles. The number of piperazine rings is 1. The molecule has 1 aliphatic heterocycles. The molecule has 1 aromatic heterocycles. The lowest BCUT2D eigenvalue weighted by molar-refractivity contribution is -0.132. The number of hydrogen-bond donors (Lipinski definition) is 1. The molecule has 3 rings (SSSR count). The van der Waals surface area contributed by atoms with Crippen molar-refractivity contribution in [3.8, 4) is 17.2 Å². The second kappa shape index (κ2) is 10.9. The van der Waals surface area contributed by atoms with Gasteiger partial charge in [0.25, 0.3) is 0 Å². The van der Waals surface area contributed by atoms with Crippen LogP contribution in [0, 0.1) is 0 Å². The Morgan fingerprint density at radius 1 is 1.17 bits per heavy atom. The number of benzene rings is 1. The predicted octanol–water partition coefficient (Wildman–Crippen LogP) is 0.355. The number of nitrogens with zero attached hydrogens (tertiary/aromatic N) is 6. The van der Waals surface area contributed by atoms with Crippen molar-refractivity contribution in [1.29, 1.82) is 0 Å². The lowest BCUT2D eigenvalue weighted by Crippen LogP contribution is -2.47. The molecule has 1 amide bonds. The summed E-state index contributed by atoms with van der Waals surface area (Å²) >= 11 is 0. The zero-order valence-electron chi connectivity index (χ0n) is 17.0. The molecule has 0 saturated carbocycles. The maximum atomic E-state index is 12.3. The Kier molecular flexibility index (Phi) is 8.62. The van der Waals surface area contributed by atoms with E-state index >= 15 is 0 Å². The van der Waals surface area contributed by atoms with Crippen molar-refractivity contribution >= 4 is 18.3 Å².